The third-order valence-corrected chi connectivity index (χ3v) is 6.75. The van der Waals surface area contributed by atoms with Crippen LogP contribution in [0.2, 0.25) is 0 Å². The zero-order valence-electron chi connectivity index (χ0n) is 14.5. The van der Waals surface area contributed by atoms with Crippen LogP contribution < -0.4 is 5.73 Å². The van der Waals surface area contributed by atoms with Gasteiger partial charge in [-0.1, -0.05) is 28.9 Å². The van der Waals surface area contributed by atoms with Crippen LogP contribution in [0, 0.1) is 11.3 Å². The fourth-order valence-corrected chi connectivity index (χ4v) is 5.48. The lowest BCUT2D eigenvalue weighted by molar-refractivity contribution is -0.0378. The van der Waals surface area contributed by atoms with E-state index in [1.165, 1.54) is 11.1 Å². The van der Waals surface area contributed by atoms with Gasteiger partial charge in [-0.2, -0.15) is 0 Å². The van der Waals surface area contributed by atoms with Crippen molar-refractivity contribution in [3.63, 3.8) is 0 Å². The van der Waals surface area contributed by atoms with Crippen molar-refractivity contribution in [3.8, 4) is 0 Å². The Balaban J connectivity index is 1.88. The second-order valence-corrected chi connectivity index (χ2v) is 8.53. The Morgan fingerprint density at radius 1 is 1.33 bits per heavy atom. The van der Waals surface area contributed by atoms with E-state index in [4.69, 9.17) is 20.5 Å². The van der Waals surface area contributed by atoms with Gasteiger partial charge in [-0.15, -0.1) is 0 Å². The quantitative estimate of drug-likeness (QED) is 0.793. The standard InChI is InChI=1S/C19H24BrN3O/c1-11-9-18(7-6-16(11)24-3)10-13-4-5-14(20)8-15(13)19(18)22-12(2)17(21)23-19/h4-5,8,11,16H,6-7,9-10H2,1-3H3,(H2,21,23)/t11?,16-,18-,19?/m0/s1. The van der Waals surface area contributed by atoms with Gasteiger partial charge in [-0.3, -0.25) is 4.99 Å². The van der Waals surface area contributed by atoms with Crippen LogP contribution in [0.5, 0.6) is 0 Å². The van der Waals surface area contributed by atoms with Gasteiger partial charge in [-0.05, 0) is 56.2 Å². The number of rotatable bonds is 1. The molecule has 24 heavy (non-hydrogen) atoms. The van der Waals surface area contributed by atoms with Crippen LogP contribution in [0.4, 0.5) is 0 Å². The molecule has 0 bridgehead atoms. The van der Waals surface area contributed by atoms with Crippen LogP contribution in [0.1, 0.15) is 44.2 Å². The maximum absolute atomic E-state index is 6.19. The summed E-state index contributed by atoms with van der Waals surface area (Å²) in [5, 5.41) is 0. The van der Waals surface area contributed by atoms with Crippen LogP contribution in [-0.2, 0) is 16.8 Å². The van der Waals surface area contributed by atoms with E-state index in [1.54, 1.807) is 0 Å². The number of amidine groups is 1. The molecule has 2 N–H and O–H groups in total. The molecule has 1 saturated carbocycles. The van der Waals surface area contributed by atoms with E-state index in [9.17, 15) is 0 Å². The van der Waals surface area contributed by atoms with Gasteiger partial charge in [0.25, 0.3) is 0 Å². The van der Waals surface area contributed by atoms with Gasteiger partial charge in [0.2, 0.25) is 0 Å². The average Bonchev–Trinajstić information content (AvgIpc) is 2.97. The molecule has 4 rings (SSSR count). The fraction of sp³-hybridized carbons (Fsp3) is 0.579. The largest absolute Gasteiger partial charge is 0.382 e. The van der Waals surface area contributed by atoms with Crippen molar-refractivity contribution in [2.45, 2.75) is 51.3 Å². The van der Waals surface area contributed by atoms with E-state index in [-0.39, 0.29) is 5.41 Å². The Morgan fingerprint density at radius 3 is 2.75 bits per heavy atom. The smallest absolute Gasteiger partial charge is 0.184 e. The maximum Gasteiger partial charge on any atom is 0.184 e. The second-order valence-electron chi connectivity index (χ2n) is 7.62. The minimum Gasteiger partial charge on any atom is -0.382 e. The second kappa shape index (κ2) is 5.40. The number of ether oxygens (including phenoxy) is 1. The normalized spacial score (nSPS) is 37.7. The van der Waals surface area contributed by atoms with Crippen molar-refractivity contribution in [1.82, 2.24) is 0 Å². The van der Waals surface area contributed by atoms with Gasteiger partial charge in [0.1, 0.15) is 5.84 Å². The van der Waals surface area contributed by atoms with Crippen LogP contribution in [-0.4, -0.2) is 24.8 Å². The predicted octanol–water partition coefficient (Wildman–Crippen LogP) is 3.81. The van der Waals surface area contributed by atoms with Crippen LogP contribution in [0.25, 0.3) is 0 Å². The number of hydrogen-bond acceptors (Lipinski definition) is 4. The van der Waals surface area contributed by atoms with E-state index < -0.39 is 5.66 Å². The number of fused-ring (bicyclic) bond motifs is 3. The molecule has 0 amide bonds. The lowest BCUT2D eigenvalue weighted by Gasteiger charge is -2.47. The molecule has 5 heteroatoms. The summed E-state index contributed by atoms with van der Waals surface area (Å²) in [5.41, 5.74) is 9.09. The molecule has 2 spiro atoms. The van der Waals surface area contributed by atoms with Gasteiger partial charge < -0.3 is 10.5 Å². The summed E-state index contributed by atoms with van der Waals surface area (Å²) in [6.45, 7) is 4.27. The molecule has 128 valence electrons. The summed E-state index contributed by atoms with van der Waals surface area (Å²) in [5.74, 6) is 1.08. The molecule has 4 nitrogen and oxygen atoms in total. The van der Waals surface area contributed by atoms with Gasteiger partial charge in [0, 0.05) is 22.6 Å². The highest BCUT2D eigenvalue weighted by atomic mass is 79.9. The maximum atomic E-state index is 6.19. The lowest BCUT2D eigenvalue weighted by atomic mass is 9.62. The number of benzene rings is 1. The Morgan fingerprint density at radius 2 is 2.12 bits per heavy atom. The Labute approximate surface area is 151 Å². The topological polar surface area (TPSA) is 60.0 Å². The van der Waals surface area contributed by atoms with Crippen LogP contribution in [0.3, 0.4) is 0 Å². The monoisotopic (exact) mass is 389 g/mol. The molecule has 1 aliphatic heterocycles. The predicted molar refractivity (Wildman–Crippen MR) is 101 cm³/mol. The van der Waals surface area contributed by atoms with Crippen molar-refractivity contribution in [3.05, 3.63) is 33.8 Å². The minimum atomic E-state index is -0.548. The Kier molecular flexibility index (Phi) is 3.66. The molecule has 1 fully saturated rings. The van der Waals surface area contributed by atoms with Gasteiger partial charge in [-0.25, -0.2) is 4.99 Å². The first-order chi connectivity index (χ1) is 11.4. The highest BCUT2D eigenvalue weighted by Gasteiger charge is 2.61. The third kappa shape index (κ3) is 2.07. The highest BCUT2D eigenvalue weighted by molar-refractivity contribution is 9.10. The van der Waals surface area contributed by atoms with E-state index in [1.807, 2.05) is 14.0 Å². The van der Waals surface area contributed by atoms with E-state index in [2.05, 4.69) is 41.1 Å². The lowest BCUT2D eigenvalue weighted by Crippen LogP contribution is -2.46. The number of nitrogens with zero attached hydrogens (tertiary/aromatic N) is 2. The fourth-order valence-electron chi connectivity index (χ4n) is 5.12. The molecule has 4 atom stereocenters. The number of methoxy groups -OCH3 is 1. The van der Waals surface area contributed by atoms with Crippen LogP contribution in [0.15, 0.2) is 32.7 Å². The van der Waals surface area contributed by atoms with Crippen LogP contribution >= 0.6 is 15.9 Å². The Hall–Kier alpha value is -1.20. The molecule has 2 aliphatic carbocycles. The third-order valence-electron chi connectivity index (χ3n) is 6.26. The highest BCUT2D eigenvalue weighted by Crippen LogP contribution is 2.62. The van der Waals surface area contributed by atoms with Gasteiger partial charge >= 0.3 is 0 Å². The SMILES string of the molecule is CO[C@H]1CC[C@@]2(Cc3ccc(Br)cc3C23N=C(C)C(N)=N3)CC1C. The van der Waals surface area contributed by atoms with E-state index >= 15 is 0 Å². The summed E-state index contributed by atoms with van der Waals surface area (Å²) in [7, 11) is 1.82. The van der Waals surface area contributed by atoms with Crippen molar-refractivity contribution < 1.29 is 4.74 Å². The molecule has 0 aromatic heterocycles. The summed E-state index contributed by atoms with van der Waals surface area (Å²) in [6.07, 6.45) is 4.53. The van der Waals surface area contributed by atoms with Gasteiger partial charge in [0.15, 0.2) is 5.66 Å². The molecular weight excluding hydrogens is 366 g/mol. The number of hydrogen-bond donors (Lipinski definition) is 1. The summed E-state index contributed by atoms with van der Waals surface area (Å²) in [4.78, 5) is 10.0. The molecule has 2 unspecified atom stereocenters. The first kappa shape index (κ1) is 16.3. The number of halogens is 1. The number of nitrogens with two attached hydrogens (primary N) is 1. The van der Waals surface area contributed by atoms with Gasteiger partial charge in [0.05, 0.1) is 11.8 Å². The average molecular weight is 390 g/mol. The molecular formula is C19H24BrN3O. The summed E-state index contributed by atoms with van der Waals surface area (Å²) >= 11 is 3.62. The van der Waals surface area contributed by atoms with E-state index in [0.29, 0.717) is 17.9 Å². The minimum absolute atomic E-state index is 0.00690. The molecule has 0 saturated heterocycles. The summed E-state index contributed by atoms with van der Waals surface area (Å²) in [6, 6.07) is 6.53. The zero-order valence-corrected chi connectivity index (χ0v) is 16.1. The zero-order chi connectivity index (χ0) is 17.1. The molecule has 3 aliphatic rings. The molecule has 1 heterocycles. The van der Waals surface area contributed by atoms with Crippen molar-refractivity contribution in [1.29, 1.82) is 0 Å². The van der Waals surface area contributed by atoms with E-state index in [0.717, 1.165) is 35.9 Å². The van der Waals surface area contributed by atoms with Crippen molar-refractivity contribution >= 4 is 27.5 Å². The van der Waals surface area contributed by atoms with Crippen molar-refractivity contribution in [2.75, 3.05) is 7.11 Å². The number of aliphatic imine (C=N–C) groups is 2. The van der Waals surface area contributed by atoms with Crippen molar-refractivity contribution in [2.24, 2.45) is 27.1 Å². The summed E-state index contributed by atoms with van der Waals surface area (Å²) < 4.78 is 6.77. The first-order valence-corrected chi connectivity index (χ1v) is 9.44. The Bertz CT molecular complexity index is 739. The molecule has 1 aromatic rings. The molecule has 1 aromatic carbocycles. The first-order valence-electron chi connectivity index (χ1n) is 8.65. The molecule has 0 radical (unpaired) electrons.